The van der Waals surface area contributed by atoms with Crippen molar-refractivity contribution in [1.82, 2.24) is 4.90 Å². The van der Waals surface area contributed by atoms with Crippen molar-refractivity contribution in [2.24, 2.45) is 0 Å². The molecule has 2 atom stereocenters. The largest absolute Gasteiger partial charge is 0.451 e. The summed E-state index contributed by atoms with van der Waals surface area (Å²) in [5, 5.41) is 3.59. The number of para-hydroxylation sites is 1. The maximum Gasteiger partial charge on any atom is 0.238 e. The highest BCUT2D eigenvalue weighted by Gasteiger charge is 2.25. The molecule has 2 aromatic rings. The molecule has 0 aliphatic carbocycles. The van der Waals surface area contributed by atoms with Gasteiger partial charge >= 0.3 is 0 Å². The highest BCUT2D eigenvalue weighted by Crippen LogP contribution is 2.31. The molecule has 2 unspecified atom stereocenters. The number of fused-ring (bicyclic) bond motifs is 1. The molecule has 1 aliphatic rings. The van der Waals surface area contributed by atoms with Gasteiger partial charge in [-0.2, -0.15) is 0 Å². The van der Waals surface area contributed by atoms with Gasteiger partial charge < -0.3 is 14.5 Å². The quantitative estimate of drug-likeness (QED) is 0.873. The van der Waals surface area contributed by atoms with Crippen molar-refractivity contribution >= 4 is 28.3 Å². The van der Waals surface area contributed by atoms with Crippen molar-refractivity contribution in [1.29, 1.82) is 0 Å². The second-order valence-corrected chi connectivity index (χ2v) is 6.36. The first-order valence-corrected chi connectivity index (χ1v) is 8.14. The van der Waals surface area contributed by atoms with Crippen LogP contribution in [0, 0.1) is 0 Å². The van der Waals surface area contributed by atoms with Crippen molar-refractivity contribution in [3.8, 4) is 0 Å². The smallest absolute Gasteiger partial charge is 0.238 e. The third-order valence-corrected chi connectivity index (χ3v) is 4.04. The first-order chi connectivity index (χ1) is 11.4. The van der Waals surface area contributed by atoms with E-state index in [2.05, 4.69) is 10.2 Å². The molecule has 0 saturated carbocycles. The van der Waals surface area contributed by atoms with Gasteiger partial charge in [0.1, 0.15) is 5.58 Å². The summed E-state index contributed by atoms with van der Waals surface area (Å²) in [7, 11) is 0. The van der Waals surface area contributed by atoms with Crippen molar-refractivity contribution in [3.63, 3.8) is 0 Å². The number of hydrogen-bond donors (Lipinski definition) is 1. The van der Waals surface area contributed by atoms with Crippen LogP contribution in [0.3, 0.4) is 0 Å². The number of rotatable bonds is 4. The molecule has 1 saturated heterocycles. The number of carbonyl (C=O) groups is 2. The molecule has 0 bridgehead atoms. The Labute approximate surface area is 140 Å². The second-order valence-electron chi connectivity index (χ2n) is 6.36. The van der Waals surface area contributed by atoms with E-state index in [4.69, 9.17) is 9.15 Å². The molecule has 128 valence electrons. The summed E-state index contributed by atoms with van der Waals surface area (Å²) in [6, 6.07) is 7.29. The maximum absolute atomic E-state index is 12.5. The summed E-state index contributed by atoms with van der Waals surface area (Å²) >= 11 is 0. The maximum atomic E-state index is 12.5. The normalized spacial score (nSPS) is 21.8. The molecular formula is C18H22N2O4. The molecule has 6 heteroatoms. The summed E-state index contributed by atoms with van der Waals surface area (Å²) in [6.45, 7) is 7.11. The zero-order valence-corrected chi connectivity index (χ0v) is 14.2. The molecule has 0 spiro atoms. The lowest BCUT2D eigenvalue weighted by Gasteiger charge is -2.34. The van der Waals surface area contributed by atoms with Crippen LogP contribution in [0.5, 0.6) is 0 Å². The van der Waals surface area contributed by atoms with Gasteiger partial charge in [0.05, 0.1) is 24.4 Å². The van der Waals surface area contributed by atoms with Gasteiger partial charge in [-0.3, -0.25) is 14.5 Å². The van der Waals surface area contributed by atoms with Crippen molar-refractivity contribution in [3.05, 3.63) is 30.0 Å². The van der Waals surface area contributed by atoms with Gasteiger partial charge in [0, 0.05) is 25.4 Å². The van der Waals surface area contributed by atoms with Crippen molar-refractivity contribution in [2.45, 2.75) is 33.0 Å². The number of benzene rings is 1. The van der Waals surface area contributed by atoms with E-state index in [0.29, 0.717) is 24.4 Å². The molecule has 1 N–H and O–H groups in total. The van der Waals surface area contributed by atoms with Gasteiger partial charge in [-0.15, -0.1) is 0 Å². The number of nitrogens with one attached hydrogen (secondary N) is 1. The summed E-state index contributed by atoms with van der Waals surface area (Å²) in [5.74, 6) is -0.186. The van der Waals surface area contributed by atoms with E-state index < -0.39 is 0 Å². The Hall–Kier alpha value is -2.18. The molecule has 3 rings (SSSR count). The van der Waals surface area contributed by atoms with Gasteiger partial charge in [-0.25, -0.2) is 0 Å². The lowest BCUT2D eigenvalue weighted by atomic mass is 10.2. The van der Waals surface area contributed by atoms with E-state index in [1.54, 1.807) is 6.07 Å². The minimum Gasteiger partial charge on any atom is -0.451 e. The Kier molecular flexibility index (Phi) is 4.69. The van der Waals surface area contributed by atoms with Crippen LogP contribution in [0.4, 0.5) is 5.69 Å². The number of amides is 1. The summed E-state index contributed by atoms with van der Waals surface area (Å²) < 4.78 is 11.3. The van der Waals surface area contributed by atoms with Crippen LogP contribution >= 0.6 is 0 Å². The molecule has 1 aromatic carbocycles. The second kappa shape index (κ2) is 6.75. The number of Topliss-reactive ketones (excluding diaryl/α,β-unsaturated/α-hetero) is 1. The van der Waals surface area contributed by atoms with E-state index in [9.17, 15) is 9.59 Å². The summed E-state index contributed by atoms with van der Waals surface area (Å²) in [5.41, 5.74) is 1.05. The van der Waals surface area contributed by atoms with Crippen LogP contribution in [0.25, 0.3) is 11.0 Å². The van der Waals surface area contributed by atoms with Crippen molar-refractivity contribution < 1.29 is 18.7 Å². The fourth-order valence-corrected chi connectivity index (χ4v) is 3.21. The molecule has 6 nitrogen and oxygen atoms in total. The zero-order chi connectivity index (χ0) is 17.3. The Morgan fingerprint density at radius 3 is 2.54 bits per heavy atom. The highest BCUT2D eigenvalue weighted by molar-refractivity contribution is 6.11. The van der Waals surface area contributed by atoms with Crippen LogP contribution in [-0.4, -0.2) is 48.4 Å². The molecule has 24 heavy (non-hydrogen) atoms. The molecule has 2 heterocycles. The predicted molar refractivity (Wildman–Crippen MR) is 91.3 cm³/mol. The van der Waals surface area contributed by atoms with Gasteiger partial charge in [0.15, 0.2) is 11.5 Å². The van der Waals surface area contributed by atoms with Crippen molar-refractivity contribution in [2.75, 3.05) is 25.0 Å². The first-order valence-electron chi connectivity index (χ1n) is 8.14. The predicted octanol–water partition coefficient (Wildman–Crippen LogP) is 2.68. The fourth-order valence-electron chi connectivity index (χ4n) is 3.21. The Morgan fingerprint density at radius 1 is 1.21 bits per heavy atom. The molecule has 1 aliphatic heterocycles. The topological polar surface area (TPSA) is 71.8 Å². The SMILES string of the molecule is CC(=O)c1oc2ccccc2c1NC(=O)CN1CC(C)OC(C)C1. The van der Waals surface area contributed by atoms with E-state index in [1.807, 2.05) is 32.0 Å². The van der Waals surface area contributed by atoms with Crippen LogP contribution < -0.4 is 5.32 Å². The van der Waals surface area contributed by atoms with Gasteiger partial charge in [0.25, 0.3) is 0 Å². The van der Waals surface area contributed by atoms with Crippen LogP contribution in [-0.2, 0) is 9.53 Å². The highest BCUT2D eigenvalue weighted by atomic mass is 16.5. The van der Waals surface area contributed by atoms with Gasteiger partial charge in [-0.05, 0) is 26.0 Å². The molecular weight excluding hydrogens is 308 g/mol. The number of morpholine rings is 1. The van der Waals surface area contributed by atoms with Gasteiger partial charge in [0.2, 0.25) is 5.91 Å². The first kappa shape index (κ1) is 16.7. The number of carbonyl (C=O) groups excluding carboxylic acids is 2. The monoisotopic (exact) mass is 330 g/mol. The molecule has 0 radical (unpaired) electrons. The van der Waals surface area contributed by atoms with E-state index in [1.165, 1.54) is 6.92 Å². The average molecular weight is 330 g/mol. The summed E-state index contributed by atoms with van der Waals surface area (Å²) in [4.78, 5) is 26.3. The Morgan fingerprint density at radius 2 is 1.88 bits per heavy atom. The fraction of sp³-hybridized carbons (Fsp3) is 0.444. The molecule has 1 amide bonds. The minimum absolute atomic E-state index is 0.101. The lowest BCUT2D eigenvalue weighted by molar-refractivity contribution is -0.121. The Balaban J connectivity index is 1.78. The van der Waals surface area contributed by atoms with Crippen LogP contribution in [0.15, 0.2) is 28.7 Å². The molecule has 1 aromatic heterocycles. The zero-order valence-electron chi connectivity index (χ0n) is 14.2. The third-order valence-electron chi connectivity index (χ3n) is 4.04. The van der Waals surface area contributed by atoms with Gasteiger partial charge in [-0.1, -0.05) is 12.1 Å². The Bertz CT molecular complexity index is 757. The number of ketones is 1. The standard InChI is InChI=1S/C18H22N2O4/c1-11-8-20(9-12(2)23-11)10-16(22)19-17-14-6-4-5-7-15(14)24-18(17)13(3)21/h4-7,11-12H,8-10H2,1-3H3,(H,19,22). The number of nitrogens with zero attached hydrogens (tertiary/aromatic N) is 1. The van der Waals surface area contributed by atoms with Crippen LogP contribution in [0.2, 0.25) is 0 Å². The number of ether oxygens (including phenoxy) is 1. The number of hydrogen-bond acceptors (Lipinski definition) is 5. The summed E-state index contributed by atoms with van der Waals surface area (Å²) in [6.07, 6.45) is 0.202. The molecule has 1 fully saturated rings. The minimum atomic E-state index is -0.213. The van der Waals surface area contributed by atoms with Crippen LogP contribution in [0.1, 0.15) is 31.3 Å². The number of furan rings is 1. The third kappa shape index (κ3) is 3.49. The van der Waals surface area contributed by atoms with E-state index in [0.717, 1.165) is 5.39 Å². The average Bonchev–Trinajstić information content (AvgIpc) is 2.85. The number of anilines is 1. The van der Waals surface area contributed by atoms with E-state index in [-0.39, 0.29) is 36.2 Å². The van der Waals surface area contributed by atoms with E-state index >= 15 is 0 Å². The lowest BCUT2D eigenvalue weighted by Crippen LogP contribution is -2.48.